The van der Waals surface area contributed by atoms with Crippen LogP contribution in [-0.4, -0.2) is 31.7 Å². The Kier molecular flexibility index (Phi) is 7.65. The molecule has 1 atom stereocenters. The van der Waals surface area contributed by atoms with E-state index in [1.165, 1.54) is 38.3 Å². The van der Waals surface area contributed by atoms with Crippen molar-refractivity contribution in [3.8, 4) is 11.5 Å². The van der Waals surface area contributed by atoms with Crippen molar-refractivity contribution in [3.63, 3.8) is 0 Å². The number of hydrogen-bond donors (Lipinski definition) is 1. The van der Waals surface area contributed by atoms with Crippen molar-refractivity contribution >= 4 is 45.1 Å². The molecule has 2 aromatic rings. The highest BCUT2D eigenvalue weighted by atomic mass is 79.9. The molecule has 0 aliphatic carbocycles. The molecule has 0 aliphatic heterocycles. The first-order valence-electron chi connectivity index (χ1n) is 8.24. The van der Waals surface area contributed by atoms with Gasteiger partial charge in [-0.2, -0.15) is 0 Å². The first-order valence-corrected chi connectivity index (χ1v) is 9.41. The van der Waals surface area contributed by atoms with E-state index in [0.29, 0.717) is 16.8 Å². The molecule has 0 saturated heterocycles. The lowest BCUT2D eigenvalue weighted by molar-refractivity contribution is -0.123. The standard InChI is InChI=1S/C19H18BrClFNO5/c1-4-27-17-13(21)7-11(8-16(17)26-3)19(25)28-10(2)18(24)23-15-6-5-12(20)9-14(15)22/h5-10H,4H2,1-3H3,(H,23,24). The fraction of sp³-hybridized carbons (Fsp3) is 0.263. The molecule has 1 amide bonds. The largest absolute Gasteiger partial charge is 0.493 e. The summed E-state index contributed by atoms with van der Waals surface area (Å²) in [5.74, 6) is -1.53. The SMILES string of the molecule is CCOc1c(Cl)cc(C(=O)OC(C)C(=O)Nc2ccc(Br)cc2F)cc1OC. The van der Waals surface area contributed by atoms with Crippen molar-refractivity contribution in [2.24, 2.45) is 0 Å². The van der Waals surface area contributed by atoms with Gasteiger partial charge in [0.05, 0.1) is 30.0 Å². The maximum atomic E-state index is 13.8. The normalized spacial score (nSPS) is 11.5. The maximum Gasteiger partial charge on any atom is 0.339 e. The second-order valence-corrected chi connectivity index (χ2v) is 6.91. The summed E-state index contributed by atoms with van der Waals surface area (Å²) < 4.78 is 30.1. The number of anilines is 1. The number of ether oxygens (including phenoxy) is 3. The minimum Gasteiger partial charge on any atom is -0.493 e. The van der Waals surface area contributed by atoms with Gasteiger partial charge in [0.2, 0.25) is 0 Å². The lowest BCUT2D eigenvalue weighted by Crippen LogP contribution is -2.30. The predicted octanol–water partition coefficient (Wildman–Crippen LogP) is 4.83. The first kappa shape index (κ1) is 22.0. The van der Waals surface area contributed by atoms with Gasteiger partial charge >= 0.3 is 5.97 Å². The van der Waals surface area contributed by atoms with Gasteiger partial charge in [0.25, 0.3) is 5.91 Å². The molecule has 150 valence electrons. The van der Waals surface area contributed by atoms with Crippen LogP contribution in [0.5, 0.6) is 11.5 Å². The Morgan fingerprint density at radius 3 is 2.61 bits per heavy atom. The highest BCUT2D eigenvalue weighted by Gasteiger charge is 2.22. The minimum atomic E-state index is -1.17. The summed E-state index contributed by atoms with van der Waals surface area (Å²) in [7, 11) is 1.41. The molecule has 2 aromatic carbocycles. The molecule has 1 unspecified atom stereocenters. The lowest BCUT2D eigenvalue weighted by atomic mass is 10.2. The summed E-state index contributed by atoms with van der Waals surface area (Å²) >= 11 is 9.27. The van der Waals surface area contributed by atoms with Crippen molar-refractivity contribution in [1.82, 2.24) is 0 Å². The number of methoxy groups -OCH3 is 1. The predicted molar refractivity (Wildman–Crippen MR) is 107 cm³/mol. The number of benzene rings is 2. The number of halogens is 3. The van der Waals surface area contributed by atoms with Gasteiger partial charge in [-0.3, -0.25) is 4.79 Å². The third-order valence-corrected chi connectivity index (χ3v) is 4.37. The quantitative estimate of drug-likeness (QED) is 0.582. The second-order valence-electron chi connectivity index (χ2n) is 5.58. The summed E-state index contributed by atoms with van der Waals surface area (Å²) in [6.45, 7) is 3.52. The van der Waals surface area contributed by atoms with Crippen molar-refractivity contribution in [2.75, 3.05) is 19.0 Å². The first-order chi connectivity index (χ1) is 13.3. The van der Waals surface area contributed by atoms with Crippen LogP contribution in [0.2, 0.25) is 5.02 Å². The fourth-order valence-electron chi connectivity index (χ4n) is 2.23. The highest BCUT2D eigenvalue weighted by Crippen LogP contribution is 2.36. The molecule has 2 rings (SSSR count). The molecule has 0 heterocycles. The number of hydrogen-bond acceptors (Lipinski definition) is 5. The molecular formula is C19H18BrClFNO5. The van der Waals surface area contributed by atoms with Gasteiger partial charge in [0.1, 0.15) is 5.82 Å². The van der Waals surface area contributed by atoms with Crippen LogP contribution in [-0.2, 0) is 9.53 Å². The average molecular weight is 475 g/mol. The third kappa shape index (κ3) is 5.36. The smallest absolute Gasteiger partial charge is 0.339 e. The zero-order valence-electron chi connectivity index (χ0n) is 15.3. The van der Waals surface area contributed by atoms with Crippen LogP contribution in [0.4, 0.5) is 10.1 Å². The molecule has 0 bridgehead atoms. The van der Waals surface area contributed by atoms with E-state index in [9.17, 15) is 14.0 Å². The minimum absolute atomic E-state index is 0.0260. The lowest BCUT2D eigenvalue weighted by Gasteiger charge is -2.16. The van der Waals surface area contributed by atoms with Gasteiger partial charge in [0.15, 0.2) is 17.6 Å². The van der Waals surface area contributed by atoms with Gasteiger partial charge in [-0.1, -0.05) is 27.5 Å². The topological polar surface area (TPSA) is 73.9 Å². The molecule has 0 fully saturated rings. The number of nitrogens with one attached hydrogen (secondary N) is 1. The zero-order chi connectivity index (χ0) is 20.8. The Bertz CT molecular complexity index is 893. The third-order valence-electron chi connectivity index (χ3n) is 3.60. The van der Waals surface area contributed by atoms with E-state index < -0.39 is 23.8 Å². The zero-order valence-corrected chi connectivity index (χ0v) is 17.7. The van der Waals surface area contributed by atoms with Crippen LogP contribution in [0, 0.1) is 5.82 Å². The van der Waals surface area contributed by atoms with E-state index in [2.05, 4.69) is 21.2 Å². The van der Waals surface area contributed by atoms with Crippen molar-refractivity contribution in [3.05, 3.63) is 51.2 Å². The molecular weight excluding hydrogens is 457 g/mol. The number of esters is 1. The van der Waals surface area contributed by atoms with Crippen LogP contribution in [0.3, 0.4) is 0 Å². The summed E-state index contributed by atoms with van der Waals surface area (Å²) in [6.07, 6.45) is -1.17. The Morgan fingerprint density at radius 2 is 2.00 bits per heavy atom. The van der Waals surface area contributed by atoms with E-state index in [-0.39, 0.29) is 22.0 Å². The number of amides is 1. The number of carbonyl (C=O) groups excluding carboxylic acids is 2. The Labute approximate surface area is 175 Å². The highest BCUT2D eigenvalue weighted by molar-refractivity contribution is 9.10. The molecule has 0 spiro atoms. The van der Waals surface area contributed by atoms with Crippen LogP contribution < -0.4 is 14.8 Å². The van der Waals surface area contributed by atoms with Gasteiger partial charge < -0.3 is 19.5 Å². The van der Waals surface area contributed by atoms with Gasteiger partial charge in [-0.25, -0.2) is 9.18 Å². The van der Waals surface area contributed by atoms with Crippen molar-refractivity contribution < 1.29 is 28.2 Å². The van der Waals surface area contributed by atoms with E-state index in [4.69, 9.17) is 25.8 Å². The summed E-state index contributed by atoms with van der Waals surface area (Å²) in [5, 5.41) is 2.54. The van der Waals surface area contributed by atoms with Crippen molar-refractivity contribution in [1.29, 1.82) is 0 Å². The van der Waals surface area contributed by atoms with Crippen LogP contribution in [0.1, 0.15) is 24.2 Å². The molecule has 0 saturated carbocycles. The monoisotopic (exact) mass is 473 g/mol. The van der Waals surface area contributed by atoms with Crippen LogP contribution >= 0.6 is 27.5 Å². The Balaban J connectivity index is 2.11. The molecule has 1 N–H and O–H groups in total. The van der Waals surface area contributed by atoms with E-state index in [1.54, 1.807) is 13.0 Å². The van der Waals surface area contributed by atoms with E-state index >= 15 is 0 Å². The van der Waals surface area contributed by atoms with Gasteiger partial charge in [-0.15, -0.1) is 0 Å². The van der Waals surface area contributed by atoms with Gasteiger partial charge in [-0.05, 0) is 44.2 Å². The Morgan fingerprint density at radius 1 is 1.29 bits per heavy atom. The second kappa shape index (κ2) is 9.75. The molecule has 28 heavy (non-hydrogen) atoms. The molecule has 0 radical (unpaired) electrons. The fourth-order valence-corrected chi connectivity index (χ4v) is 2.83. The molecule has 0 aromatic heterocycles. The maximum absolute atomic E-state index is 13.8. The molecule has 6 nitrogen and oxygen atoms in total. The van der Waals surface area contributed by atoms with Crippen LogP contribution in [0.25, 0.3) is 0 Å². The summed E-state index contributed by atoms with van der Waals surface area (Å²) in [6, 6.07) is 6.93. The Hall–Kier alpha value is -2.32. The van der Waals surface area contributed by atoms with E-state index in [1.807, 2.05) is 0 Å². The van der Waals surface area contributed by atoms with Crippen LogP contribution in [0.15, 0.2) is 34.8 Å². The number of rotatable bonds is 7. The van der Waals surface area contributed by atoms with Crippen molar-refractivity contribution in [2.45, 2.75) is 20.0 Å². The average Bonchev–Trinajstić information content (AvgIpc) is 2.65. The molecule has 0 aliphatic rings. The van der Waals surface area contributed by atoms with Gasteiger partial charge in [0, 0.05) is 4.47 Å². The molecule has 9 heteroatoms. The number of carbonyl (C=O) groups is 2. The summed E-state index contributed by atoms with van der Waals surface area (Å²) in [4.78, 5) is 24.6. The van der Waals surface area contributed by atoms with E-state index in [0.717, 1.165) is 0 Å². The summed E-state index contributed by atoms with van der Waals surface area (Å²) in [5.41, 5.74) is 0.0571.